The van der Waals surface area contributed by atoms with Crippen LogP contribution in [0, 0.1) is 0 Å². The molecule has 6 nitrogen and oxygen atoms in total. The van der Waals surface area contributed by atoms with Crippen molar-refractivity contribution in [3.63, 3.8) is 0 Å². The van der Waals surface area contributed by atoms with Crippen LogP contribution in [-0.2, 0) is 23.1 Å². The number of nitrogens with zero attached hydrogens (tertiary/aromatic N) is 1. The summed E-state index contributed by atoms with van der Waals surface area (Å²) < 4.78 is 32.7. The van der Waals surface area contributed by atoms with Crippen LogP contribution < -0.4 is 10.0 Å². The number of nitrogens with one attached hydrogen (secondary N) is 2. The molecule has 0 saturated heterocycles. The first-order chi connectivity index (χ1) is 10.0. The zero-order valence-electron chi connectivity index (χ0n) is 11.0. The van der Waals surface area contributed by atoms with E-state index in [0.29, 0.717) is 24.0 Å². The minimum atomic E-state index is -3.62. The number of furan rings is 1. The molecule has 2 N–H and O–H groups in total. The van der Waals surface area contributed by atoms with Crippen LogP contribution in [0.4, 0.5) is 0 Å². The van der Waals surface area contributed by atoms with E-state index in [9.17, 15) is 8.42 Å². The quantitative estimate of drug-likeness (QED) is 0.755. The Morgan fingerprint density at radius 1 is 1.43 bits per heavy atom. The number of rotatable bonds is 7. The Morgan fingerprint density at radius 2 is 2.24 bits per heavy atom. The average molecular weight is 392 g/mol. The highest BCUT2D eigenvalue weighted by Crippen LogP contribution is 2.27. The van der Waals surface area contributed by atoms with Crippen LogP contribution in [0.5, 0.6) is 0 Å². The molecule has 1 saturated carbocycles. The molecule has 0 aliphatic heterocycles. The van der Waals surface area contributed by atoms with Gasteiger partial charge in [-0.15, -0.1) is 11.3 Å². The van der Waals surface area contributed by atoms with Crippen molar-refractivity contribution in [1.82, 2.24) is 15.0 Å². The van der Waals surface area contributed by atoms with E-state index in [1.165, 1.54) is 24.2 Å². The Balaban J connectivity index is 1.68. The highest BCUT2D eigenvalue weighted by Gasteiger charge is 2.24. The monoisotopic (exact) mass is 391 g/mol. The van der Waals surface area contributed by atoms with Crippen LogP contribution in [0.2, 0.25) is 0 Å². The summed E-state index contributed by atoms with van der Waals surface area (Å²) in [5.41, 5.74) is 2.36. The Bertz CT molecular complexity index is 708. The molecule has 0 amide bonds. The van der Waals surface area contributed by atoms with Crippen LogP contribution in [0.25, 0.3) is 0 Å². The second-order valence-electron chi connectivity index (χ2n) is 4.81. The van der Waals surface area contributed by atoms with Crippen molar-refractivity contribution < 1.29 is 12.8 Å². The highest BCUT2D eigenvalue weighted by atomic mass is 79.9. The van der Waals surface area contributed by atoms with E-state index in [-0.39, 0.29) is 16.1 Å². The van der Waals surface area contributed by atoms with Crippen LogP contribution in [0.3, 0.4) is 0 Å². The summed E-state index contributed by atoms with van der Waals surface area (Å²) in [6.45, 7) is 0.698. The van der Waals surface area contributed by atoms with E-state index < -0.39 is 10.0 Å². The zero-order valence-corrected chi connectivity index (χ0v) is 14.2. The maximum absolute atomic E-state index is 12.3. The largest absolute Gasteiger partial charge is 0.452 e. The normalized spacial score (nSPS) is 15.5. The van der Waals surface area contributed by atoms with Crippen LogP contribution >= 0.6 is 27.3 Å². The second-order valence-corrected chi connectivity index (χ2v) is 7.98. The molecule has 0 bridgehead atoms. The number of halogens is 1. The Morgan fingerprint density at radius 3 is 2.90 bits per heavy atom. The van der Waals surface area contributed by atoms with E-state index in [4.69, 9.17) is 4.42 Å². The van der Waals surface area contributed by atoms with Crippen LogP contribution in [0.1, 0.15) is 24.3 Å². The summed E-state index contributed by atoms with van der Waals surface area (Å²) in [7, 11) is -3.62. The Kier molecular flexibility index (Phi) is 4.46. The van der Waals surface area contributed by atoms with Crippen molar-refractivity contribution in [2.24, 2.45) is 0 Å². The van der Waals surface area contributed by atoms with E-state index in [1.807, 2.05) is 0 Å². The topological polar surface area (TPSA) is 84.2 Å². The third-order valence-electron chi connectivity index (χ3n) is 3.07. The Hall–Kier alpha value is -0.740. The third kappa shape index (κ3) is 3.92. The number of sulfonamides is 1. The molecule has 0 aromatic carbocycles. The summed E-state index contributed by atoms with van der Waals surface area (Å²) in [5.74, 6) is 0.600. The SMILES string of the molecule is O=S(=O)(NCc1cscn1)c1cc(CNC2CC2)oc1Br. The lowest BCUT2D eigenvalue weighted by atomic mass is 10.4. The molecule has 0 radical (unpaired) electrons. The van der Waals surface area contributed by atoms with Gasteiger partial charge in [0, 0.05) is 17.5 Å². The minimum absolute atomic E-state index is 0.116. The minimum Gasteiger partial charge on any atom is -0.452 e. The van der Waals surface area contributed by atoms with Gasteiger partial charge in [-0.2, -0.15) is 0 Å². The van der Waals surface area contributed by atoms with Crippen molar-refractivity contribution in [1.29, 1.82) is 0 Å². The lowest BCUT2D eigenvalue weighted by Gasteiger charge is -2.02. The summed E-state index contributed by atoms with van der Waals surface area (Å²) in [4.78, 5) is 4.16. The van der Waals surface area contributed by atoms with Crippen molar-refractivity contribution >= 4 is 37.3 Å². The van der Waals surface area contributed by atoms with E-state index in [0.717, 1.165) is 0 Å². The van der Waals surface area contributed by atoms with Gasteiger partial charge in [0.15, 0.2) is 4.67 Å². The number of hydrogen-bond acceptors (Lipinski definition) is 6. The molecule has 21 heavy (non-hydrogen) atoms. The van der Waals surface area contributed by atoms with Crippen molar-refractivity contribution in [2.45, 2.75) is 36.9 Å². The smallest absolute Gasteiger partial charge is 0.245 e. The predicted octanol–water partition coefficient (Wildman–Crippen LogP) is 2.23. The second kappa shape index (κ2) is 6.17. The first-order valence-corrected chi connectivity index (χ1v) is 9.65. The molecule has 1 aliphatic rings. The predicted molar refractivity (Wildman–Crippen MR) is 82.4 cm³/mol. The third-order valence-corrected chi connectivity index (χ3v) is 5.96. The van der Waals surface area contributed by atoms with Gasteiger partial charge < -0.3 is 9.73 Å². The molecule has 0 atom stereocenters. The van der Waals surface area contributed by atoms with Gasteiger partial charge in [-0.05, 0) is 28.8 Å². The van der Waals surface area contributed by atoms with E-state index in [1.54, 1.807) is 17.0 Å². The average Bonchev–Trinajstić information content (AvgIpc) is 2.97. The van der Waals surface area contributed by atoms with Gasteiger partial charge in [0.1, 0.15) is 10.7 Å². The number of hydrogen-bond donors (Lipinski definition) is 2. The zero-order chi connectivity index (χ0) is 14.9. The summed E-state index contributed by atoms with van der Waals surface area (Å²) in [6, 6.07) is 2.08. The van der Waals surface area contributed by atoms with Gasteiger partial charge in [0.05, 0.1) is 24.3 Å². The van der Waals surface area contributed by atoms with Gasteiger partial charge in [0.2, 0.25) is 10.0 Å². The fourth-order valence-corrected chi connectivity index (χ4v) is 4.33. The summed E-state index contributed by atoms with van der Waals surface area (Å²) in [5, 5.41) is 5.08. The van der Waals surface area contributed by atoms with Crippen LogP contribution in [-0.4, -0.2) is 19.4 Å². The van der Waals surface area contributed by atoms with E-state index >= 15 is 0 Å². The molecule has 2 aromatic rings. The summed E-state index contributed by atoms with van der Waals surface area (Å²) >= 11 is 4.59. The lowest BCUT2D eigenvalue weighted by Crippen LogP contribution is -2.23. The summed E-state index contributed by atoms with van der Waals surface area (Å²) in [6.07, 6.45) is 2.34. The maximum Gasteiger partial charge on any atom is 0.245 e. The molecule has 1 aliphatic carbocycles. The van der Waals surface area contributed by atoms with Gasteiger partial charge in [-0.3, -0.25) is 0 Å². The molecule has 3 rings (SSSR count). The Labute approximate surface area is 135 Å². The number of aromatic nitrogens is 1. The molecule has 2 heterocycles. The fourth-order valence-electron chi connectivity index (χ4n) is 1.77. The van der Waals surface area contributed by atoms with E-state index in [2.05, 4.69) is 31.0 Å². The van der Waals surface area contributed by atoms with Crippen LogP contribution in [0.15, 0.2) is 30.9 Å². The lowest BCUT2D eigenvalue weighted by molar-refractivity contribution is 0.460. The number of thiazole rings is 1. The van der Waals surface area contributed by atoms with Crippen molar-refractivity contribution in [2.75, 3.05) is 0 Å². The molecule has 1 fully saturated rings. The molecule has 9 heteroatoms. The van der Waals surface area contributed by atoms with Gasteiger partial charge in [-0.25, -0.2) is 18.1 Å². The van der Waals surface area contributed by atoms with Gasteiger partial charge in [0.25, 0.3) is 0 Å². The van der Waals surface area contributed by atoms with Gasteiger partial charge >= 0.3 is 0 Å². The molecular weight excluding hydrogens is 378 g/mol. The molecule has 0 unspecified atom stereocenters. The van der Waals surface area contributed by atoms with Crippen molar-refractivity contribution in [3.8, 4) is 0 Å². The standard InChI is InChI=1S/C12H14BrN3O3S2/c13-12-11(3-10(19-12)5-14-8-1-2-8)21(17,18)16-4-9-6-20-7-15-9/h3,6-8,14,16H,1-2,4-5H2. The molecule has 114 valence electrons. The molecular formula is C12H14BrN3O3S2. The first kappa shape index (κ1) is 15.2. The highest BCUT2D eigenvalue weighted by molar-refractivity contribution is 9.10. The van der Waals surface area contributed by atoms with Gasteiger partial charge in [-0.1, -0.05) is 0 Å². The van der Waals surface area contributed by atoms with Crippen molar-refractivity contribution in [3.05, 3.63) is 33.1 Å². The molecule has 0 spiro atoms. The first-order valence-electron chi connectivity index (χ1n) is 6.43. The molecule has 2 aromatic heterocycles. The fraction of sp³-hybridized carbons (Fsp3) is 0.417. The maximum atomic E-state index is 12.3.